The van der Waals surface area contributed by atoms with Gasteiger partial charge in [-0.1, -0.05) is 13.8 Å². The van der Waals surface area contributed by atoms with Gasteiger partial charge >= 0.3 is 5.97 Å². The molecule has 7 heteroatoms. The molecule has 1 heterocycles. The van der Waals surface area contributed by atoms with Gasteiger partial charge in [0, 0.05) is 19.8 Å². The standard InChI is InChI=1S/C13H20N4O3/c1-6-9(7-2)15-17-12(19)10(8-11(18)20-5)14-13(17)16(3)4/h8H,6-7H2,1-5H3/b10-8+. The van der Waals surface area contributed by atoms with Gasteiger partial charge in [-0.25, -0.2) is 9.79 Å². The molecule has 1 amide bonds. The van der Waals surface area contributed by atoms with Crippen molar-refractivity contribution in [3.63, 3.8) is 0 Å². The number of ether oxygens (including phenoxy) is 1. The Morgan fingerprint density at radius 2 is 2.00 bits per heavy atom. The van der Waals surface area contributed by atoms with Crippen molar-refractivity contribution in [1.82, 2.24) is 9.91 Å². The van der Waals surface area contributed by atoms with Crippen LogP contribution in [0.4, 0.5) is 0 Å². The predicted molar refractivity (Wildman–Crippen MR) is 76.1 cm³/mol. The fourth-order valence-corrected chi connectivity index (χ4v) is 1.58. The lowest BCUT2D eigenvalue weighted by atomic mass is 10.2. The van der Waals surface area contributed by atoms with Gasteiger partial charge < -0.3 is 9.64 Å². The fraction of sp³-hybridized carbons (Fsp3) is 0.538. The van der Waals surface area contributed by atoms with Crippen molar-refractivity contribution in [2.45, 2.75) is 26.7 Å². The molecule has 110 valence electrons. The normalized spacial score (nSPS) is 16.2. The van der Waals surface area contributed by atoms with Gasteiger partial charge in [-0.15, -0.1) is 0 Å². The van der Waals surface area contributed by atoms with Gasteiger partial charge in [0.1, 0.15) is 5.70 Å². The summed E-state index contributed by atoms with van der Waals surface area (Å²) in [6.07, 6.45) is 2.56. The summed E-state index contributed by atoms with van der Waals surface area (Å²) in [5.41, 5.74) is 0.906. The Bertz CT molecular complexity index is 486. The van der Waals surface area contributed by atoms with Gasteiger partial charge in [0.25, 0.3) is 5.91 Å². The van der Waals surface area contributed by atoms with Crippen LogP contribution in [-0.4, -0.2) is 54.7 Å². The van der Waals surface area contributed by atoms with Crippen molar-refractivity contribution in [1.29, 1.82) is 0 Å². The zero-order valence-electron chi connectivity index (χ0n) is 12.5. The summed E-state index contributed by atoms with van der Waals surface area (Å²) >= 11 is 0. The number of carbonyl (C=O) groups excluding carboxylic acids is 2. The maximum absolute atomic E-state index is 12.2. The summed E-state index contributed by atoms with van der Waals surface area (Å²) in [6.45, 7) is 3.95. The highest BCUT2D eigenvalue weighted by atomic mass is 16.5. The Kier molecular flexibility index (Phi) is 5.42. The third-order valence-corrected chi connectivity index (χ3v) is 2.73. The average Bonchev–Trinajstić information content (AvgIpc) is 2.73. The summed E-state index contributed by atoms with van der Waals surface area (Å²) in [4.78, 5) is 29.3. The predicted octanol–water partition coefficient (Wildman–Crippen LogP) is 0.979. The SMILES string of the molecule is CCC(CC)=NN1C(=O)/C(=C\C(=O)OC)N=C1N(C)C. The topological polar surface area (TPSA) is 74.6 Å². The zero-order chi connectivity index (χ0) is 15.3. The smallest absolute Gasteiger partial charge is 0.332 e. The van der Waals surface area contributed by atoms with Crippen molar-refractivity contribution in [2.75, 3.05) is 21.2 Å². The molecule has 0 aromatic rings. The number of methoxy groups -OCH3 is 1. The first-order valence-corrected chi connectivity index (χ1v) is 6.41. The molecule has 0 fully saturated rings. The van der Waals surface area contributed by atoms with E-state index in [0.717, 1.165) is 24.6 Å². The molecule has 0 aliphatic carbocycles. The fourth-order valence-electron chi connectivity index (χ4n) is 1.58. The number of esters is 1. The lowest BCUT2D eigenvalue weighted by molar-refractivity contribution is -0.135. The van der Waals surface area contributed by atoms with Crippen molar-refractivity contribution in [2.24, 2.45) is 10.1 Å². The van der Waals surface area contributed by atoms with Gasteiger partial charge in [-0.05, 0) is 12.8 Å². The monoisotopic (exact) mass is 280 g/mol. The van der Waals surface area contributed by atoms with Crippen LogP contribution in [0.25, 0.3) is 0 Å². The maximum Gasteiger partial charge on any atom is 0.332 e. The minimum Gasteiger partial charge on any atom is -0.466 e. The van der Waals surface area contributed by atoms with E-state index in [0.29, 0.717) is 5.96 Å². The van der Waals surface area contributed by atoms with Crippen molar-refractivity contribution < 1.29 is 14.3 Å². The number of carbonyl (C=O) groups is 2. The lowest BCUT2D eigenvalue weighted by Crippen LogP contribution is -2.37. The van der Waals surface area contributed by atoms with E-state index in [2.05, 4.69) is 14.8 Å². The van der Waals surface area contributed by atoms with Gasteiger partial charge in [0.15, 0.2) is 0 Å². The van der Waals surface area contributed by atoms with Crippen molar-refractivity contribution >= 4 is 23.5 Å². The van der Waals surface area contributed by atoms with Gasteiger partial charge in [-0.2, -0.15) is 10.1 Å². The summed E-state index contributed by atoms with van der Waals surface area (Å²) < 4.78 is 4.51. The Labute approximate surface area is 118 Å². The van der Waals surface area contributed by atoms with E-state index in [1.54, 1.807) is 19.0 Å². The third-order valence-electron chi connectivity index (χ3n) is 2.73. The highest BCUT2D eigenvalue weighted by Gasteiger charge is 2.32. The first-order chi connectivity index (χ1) is 9.44. The Morgan fingerprint density at radius 1 is 1.40 bits per heavy atom. The van der Waals surface area contributed by atoms with Gasteiger partial charge in [-0.3, -0.25) is 4.79 Å². The molecule has 20 heavy (non-hydrogen) atoms. The highest BCUT2D eigenvalue weighted by Crippen LogP contribution is 2.17. The van der Waals surface area contributed by atoms with Crippen LogP contribution in [0, 0.1) is 0 Å². The highest BCUT2D eigenvalue weighted by molar-refractivity contribution is 6.13. The molecule has 1 aliphatic heterocycles. The first kappa shape index (κ1) is 15.9. The number of nitrogens with zero attached hydrogens (tertiary/aromatic N) is 4. The minimum absolute atomic E-state index is 0.0239. The summed E-state index contributed by atoms with van der Waals surface area (Å²) in [5, 5.41) is 5.53. The van der Waals surface area contributed by atoms with E-state index in [1.807, 2.05) is 13.8 Å². The second kappa shape index (κ2) is 6.83. The van der Waals surface area contributed by atoms with E-state index in [9.17, 15) is 9.59 Å². The summed E-state index contributed by atoms with van der Waals surface area (Å²) in [5.74, 6) is -0.671. The van der Waals surface area contributed by atoms with Crippen LogP contribution in [0.1, 0.15) is 26.7 Å². The zero-order valence-corrected chi connectivity index (χ0v) is 12.5. The quantitative estimate of drug-likeness (QED) is 0.437. The number of hydrazone groups is 1. The number of rotatable bonds is 4. The molecular formula is C13H20N4O3. The van der Waals surface area contributed by atoms with Crippen molar-refractivity contribution in [3.8, 4) is 0 Å². The molecule has 0 saturated carbocycles. The number of hydrogen-bond donors (Lipinski definition) is 0. The molecule has 0 saturated heterocycles. The van der Waals surface area contributed by atoms with E-state index >= 15 is 0 Å². The van der Waals surface area contributed by atoms with Crippen LogP contribution in [0.15, 0.2) is 21.9 Å². The summed E-state index contributed by atoms with van der Waals surface area (Å²) in [7, 11) is 4.76. The molecule has 1 rings (SSSR count). The molecule has 0 radical (unpaired) electrons. The molecule has 0 aromatic carbocycles. The van der Waals surface area contributed by atoms with Crippen LogP contribution in [0.2, 0.25) is 0 Å². The number of guanidine groups is 1. The Hall–Kier alpha value is -2.18. The van der Waals surface area contributed by atoms with E-state index in [-0.39, 0.29) is 5.70 Å². The number of hydrogen-bond acceptors (Lipinski definition) is 6. The third kappa shape index (κ3) is 3.43. The van der Waals surface area contributed by atoms with E-state index in [4.69, 9.17) is 0 Å². The van der Waals surface area contributed by atoms with E-state index < -0.39 is 11.9 Å². The second-order valence-corrected chi connectivity index (χ2v) is 4.35. The maximum atomic E-state index is 12.2. The minimum atomic E-state index is -0.618. The van der Waals surface area contributed by atoms with Crippen LogP contribution in [-0.2, 0) is 14.3 Å². The molecule has 0 atom stereocenters. The molecule has 1 aliphatic rings. The Balaban J connectivity index is 3.17. The van der Waals surface area contributed by atoms with E-state index in [1.165, 1.54) is 12.1 Å². The molecule has 0 spiro atoms. The van der Waals surface area contributed by atoms with Gasteiger partial charge in [0.05, 0.1) is 13.2 Å². The van der Waals surface area contributed by atoms with Crippen LogP contribution < -0.4 is 0 Å². The largest absolute Gasteiger partial charge is 0.466 e. The second-order valence-electron chi connectivity index (χ2n) is 4.35. The van der Waals surface area contributed by atoms with Crippen LogP contribution in [0.5, 0.6) is 0 Å². The molecule has 0 N–H and O–H groups in total. The number of aliphatic imine (C=N–C) groups is 1. The molecule has 0 aromatic heterocycles. The van der Waals surface area contributed by atoms with Gasteiger partial charge in [0.2, 0.25) is 5.96 Å². The Morgan fingerprint density at radius 3 is 2.45 bits per heavy atom. The number of amides is 1. The van der Waals surface area contributed by atoms with Crippen LogP contribution in [0.3, 0.4) is 0 Å². The molecule has 7 nitrogen and oxygen atoms in total. The lowest BCUT2D eigenvalue weighted by Gasteiger charge is -2.19. The molecule has 0 bridgehead atoms. The summed E-state index contributed by atoms with van der Waals surface area (Å²) in [6, 6.07) is 0. The van der Waals surface area contributed by atoms with Crippen molar-refractivity contribution in [3.05, 3.63) is 11.8 Å². The molecular weight excluding hydrogens is 260 g/mol. The molecule has 0 unspecified atom stereocenters. The average molecular weight is 280 g/mol. The first-order valence-electron chi connectivity index (χ1n) is 6.41. The van der Waals surface area contributed by atoms with Crippen LogP contribution >= 0.6 is 0 Å².